The number of benzene rings is 2. The molecule has 0 amide bonds. The zero-order valence-electron chi connectivity index (χ0n) is 23.2. The summed E-state index contributed by atoms with van der Waals surface area (Å²) in [6.45, 7) is 13.9. The maximum absolute atomic E-state index is 11.8. The second-order valence-electron chi connectivity index (χ2n) is 9.98. The summed E-state index contributed by atoms with van der Waals surface area (Å²) >= 11 is 0. The Bertz CT molecular complexity index is 1180. The van der Waals surface area contributed by atoms with Crippen molar-refractivity contribution in [3.8, 4) is 11.5 Å². The normalized spacial score (nSPS) is 15.4. The summed E-state index contributed by atoms with van der Waals surface area (Å²) in [5, 5.41) is 20.4. The minimum Gasteiger partial charge on any atom is -0.508 e. The standard InChI is InChI=1S/C16H22Si.2C7H5F3O.Zr/c1-11-7-9-15(13(11)3)17(5,6)16-10-8-12(2)14(16)4;2*8-7(9,10)5-1-3-6(11)4-2-5;/h7-8H2,1-6H3;2*1-4,11H;/q-2;;;+2. The van der Waals surface area contributed by atoms with Gasteiger partial charge in [0, 0.05) is 8.07 Å². The third-order valence-corrected chi connectivity index (χ3v) is 10.3. The van der Waals surface area contributed by atoms with Gasteiger partial charge >= 0.3 is 38.6 Å². The average Bonchev–Trinajstić information content (AvgIpc) is 3.35. The van der Waals surface area contributed by atoms with Crippen molar-refractivity contribution < 1.29 is 62.8 Å². The first-order valence-corrected chi connectivity index (χ1v) is 15.1. The number of phenolic OH excluding ortho intramolecular Hbond substituents is 2. The number of alkyl halides is 6. The predicted octanol–water partition coefficient (Wildman–Crippen LogP) is 9.53. The number of phenols is 2. The van der Waals surface area contributed by atoms with Crippen molar-refractivity contribution in [2.24, 2.45) is 0 Å². The van der Waals surface area contributed by atoms with Crippen LogP contribution in [0.5, 0.6) is 11.5 Å². The van der Waals surface area contributed by atoms with Gasteiger partial charge in [-0.2, -0.15) is 37.5 Å². The summed E-state index contributed by atoms with van der Waals surface area (Å²) < 4.78 is 71.0. The third kappa shape index (κ3) is 9.37. The van der Waals surface area contributed by atoms with Gasteiger partial charge in [-0.05, 0) is 48.5 Å². The molecule has 40 heavy (non-hydrogen) atoms. The summed E-state index contributed by atoms with van der Waals surface area (Å²) in [5.74, 6) is -0.337. The quantitative estimate of drug-likeness (QED) is 0.192. The molecule has 2 aliphatic carbocycles. The van der Waals surface area contributed by atoms with E-state index in [1.165, 1.54) is 32.7 Å². The Kier molecular flexibility index (Phi) is 12.5. The van der Waals surface area contributed by atoms with Crippen molar-refractivity contribution in [1.29, 1.82) is 0 Å². The summed E-state index contributed by atoms with van der Waals surface area (Å²) in [7, 11) is -1.55. The van der Waals surface area contributed by atoms with E-state index in [4.69, 9.17) is 10.2 Å². The van der Waals surface area contributed by atoms with Gasteiger partial charge in [-0.25, -0.2) is 21.5 Å². The Morgan fingerprint density at radius 2 is 0.875 bits per heavy atom. The fourth-order valence-electron chi connectivity index (χ4n) is 4.20. The molecule has 2 N–H and O–H groups in total. The van der Waals surface area contributed by atoms with Crippen molar-refractivity contribution in [2.45, 2.75) is 66.0 Å². The van der Waals surface area contributed by atoms with Crippen molar-refractivity contribution >= 4 is 8.07 Å². The van der Waals surface area contributed by atoms with Gasteiger partial charge in [-0.1, -0.05) is 26.9 Å². The van der Waals surface area contributed by atoms with Gasteiger partial charge in [0.25, 0.3) is 0 Å². The molecule has 2 aliphatic rings. The fourth-order valence-corrected chi connectivity index (χ4v) is 7.82. The van der Waals surface area contributed by atoms with Crippen LogP contribution in [0.2, 0.25) is 13.1 Å². The van der Waals surface area contributed by atoms with Crippen LogP contribution < -0.4 is 0 Å². The van der Waals surface area contributed by atoms with Gasteiger partial charge in [-0.3, -0.25) is 12.2 Å². The molecule has 4 rings (SSSR count). The molecular formula is C30H32F6O2SiZr. The van der Waals surface area contributed by atoms with Crippen molar-refractivity contribution in [3.05, 3.63) is 104 Å². The number of rotatable bonds is 2. The van der Waals surface area contributed by atoms with E-state index in [1.807, 2.05) is 0 Å². The largest absolute Gasteiger partial charge is 2.00 e. The van der Waals surface area contributed by atoms with E-state index < -0.39 is 31.6 Å². The maximum Gasteiger partial charge on any atom is 2.00 e. The smallest absolute Gasteiger partial charge is 0.508 e. The molecule has 2 aromatic rings. The fraction of sp³-hybridized carbons (Fsp3) is 0.333. The van der Waals surface area contributed by atoms with E-state index >= 15 is 0 Å². The molecule has 0 aromatic heterocycles. The van der Waals surface area contributed by atoms with Crippen LogP contribution in [-0.4, -0.2) is 18.3 Å². The number of hydrogen-bond acceptors (Lipinski definition) is 2. The van der Waals surface area contributed by atoms with Crippen molar-refractivity contribution in [1.82, 2.24) is 0 Å². The summed E-state index contributed by atoms with van der Waals surface area (Å²) in [6, 6.07) is 7.33. The summed E-state index contributed by atoms with van der Waals surface area (Å²) in [5.41, 5.74) is 4.47. The van der Waals surface area contributed by atoms with Gasteiger partial charge in [0.2, 0.25) is 0 Å². The minimum atomic E-state index is -4.33. The first-order valence-electron chi connectivity index (χ1n) is 12.1. The zero-order valence-corrected chi connectivity index (χ0v) is 26.7. The number of hydrogen-bond donors (Lipinski definition) is 2. The van der Waals surface area contributed by atoms with E-state index in [2.05, 4.69) is 52.9 Å². The van der Waals surface area contributed by atoms with E-state index in [-0.39, 0.29) is 37.7 Å². The molecule has 0 aliphatic heterocycles. The molecule has 0 atom stereocenters. The molecular weight excluding hydrogens is 626 g/mol. The first-order chi connectivity index (χ1) is 17.9. The first kappa shape index (κ1) is 35.7. The molecule has 0 spiro atoms. The SMILES string of the molecule is CC1=C(C)C([Si](C)(C)C2=[C-]CC(C)=C2C)=[C-]C1.Oc1ccc(C(F)(F)F)cc1.Oc1ccc(C(F)(F)F)cc1.[Zr+2]. The van der Waals surface area contributed by atoms with E-state index in [1.54, 1.807) is 0 Å². The van der Waals surface area contributed by atoms with Crippen molar-refractivity contribution in [2.75, 3.05) is 0 Å². The Morgan fingerprint density at radius 1 is 0.600 bits per heavy atom. The summed E-state index contributed by atoms with van der Waals surface area (Å²) in [6.07, 6.45) is 0.676. The van der Waals surface area contributed by atoms with Gasteiger partial charge in [-0.15, -0.1) is 26.7 Å². The van der Waals surface area contributed by atoms with E-state index in [0.29, 0.717) is 0 Å². The van der Waals surface area contributed by atoms with E-state index in [0.717, 1.165) is 61.4 Å². The number of allylic oxidation sites excluding steroid dienone is 8. The second kappa shape index (κ2) is 14.0. The van der Waals surface area contributed by atoms with Gasteiger partial charge in [0.1, 0.15) is 11.5 Å². The van der Waals surface area contributed by atoms with Crippen LogP contribution in [0.4, 0.5) is 26.3 Å². The molecule has 0 saturated carbocycles. The monoisotopic (exact) mass is 656 g/mol. The molecule has 214 valence electrons. The topological polar surface area (TPSA) is 40.5 Å². The number of halogens is 6. The van der Waals surface area contributed by atoms with Crippen LogP contribution in [0, 0.1) is 12.2 Å². The van der Waals surface area contributed by atoms with Gasteiger partial charge in [0.05, 0.1) is 11.1 Å². The van der Waals surface area contributed by atoms with Crippen LogP contribution in [0.3, 0.4) is 0 Å². The zero-order chi connectivity index (χ0) is 29.8. The second-order valence-corrected chi connectivity index (χ2v) is 14.2. The van der Waals surface area contributed by atoms with E-state index in [9.17, 15) is 26.3 Å². The molecule has 0 fully saturated rings. The van der Waals surface area contributed by atoms with Crippen LogP contribution in [-0.2, 0) is 38.6 Å². The van der Waals surface area contributed by atoms with Crippen LogP contribution >= 0.6 is 0 Å². The van der Waals surface area contributed by atoms with Gasteiger partial charge < -0.3 is 10.2 Å². The Balaban J connectivity index is 0.000000308. The Morgan fingerprint density at radius 3 is 1.07 bits per heavy atom. The molecule has 0 saturated heterocycles. The molecule has 0 unspecified atom stereocenters. The molecule has 2 aromatic carbocycles. The number of aromatic hydroxyl groups is 2. The minimum absolute atomic E-state index is 0. The molecule has 10 heteroatoms. The Labute approximate surface area is 252 Å². The van der Waals surface area contributed by atoms with Crippen molar-refractivity contribution in [3.63, 3.8) is 0 Å². The molecule has 0 heterocycles. The average molecular weight is 658 g/mol. The molecule has 0 bridgehead atoms. The van der Waals surface area contributed by atoms with Crippen LogP contribution in [0.15, 0.2) is 81.2 Å². The third-order valence-electron chi connectivity index (χ3n) is 6.73. The predicted molar refractivity (Wildman–Crippen MR) is 143 cm³/mol. The van der Waals surface area contributed by atoms with Gasteiger partial charge in [0.15, 0.2) is 0 Å². The molecule has 0 radical (unpaired) electrons. The maximum atomic E-state index is 11.8. The van der Waals surface area contributed by atoms with Crippen LogP contribution in [0.25, 0.3) is 0 Å². The summed E-state index contributed by atoms with van der Waals surface area (Å²) in [4.78, 5) is 0. The molecule has 2 nitrogen and oxygen atoms in total. The Hall–Kier alpha value is -2.32. The van der Waals surface area contributed by atoms with Crippen LogP contribution in [0.1, 0.15) is 51.7 Å².